The van der Waals surface area contributed by atoms with Crippen LogP contribution in [-0.4, -0.2) is 54.2 Å². The quantitative estimate of drug-likeness (QED) is 0.604. The molecule has 0 radical (unpaired) electrons. The molecule has 3 aliphatic heterocycles. The number of fused-ring (bicyclic) bond motifs is 1. The molecule has 2 saturated heterocycles. The number of imide groups is 2. The number of nitrogens with one attached hydrogen (secondary N) is 3. The van der Waals surface area contributed by atoms with Gasteiger partial charge in [-0.2, -0.15) is 0 Å². The van der Waals surface area contributed by atoms with Gasteiger partial charge in [-0.1, -0.05) is 19.1 Å². The molecule has 1 aromatic carbocycles. The van der Waals surface area contributed by atoms with Crippen LogP contribution in [0.15, 0.2) is 18.2 Å². The monoisotopic (exact) mass is 384 g/mol. The van der Waals surface area contributed by atoms with E-state index in [1.54, 1.807) is 12.1 Å². The molecule has 0 aromatic heterocycles. The summed E-state index contributed by atoms with van der Waals surface area (Å²) in [5.41, 5.74) is 1.69. The highest BCUT2D eigenvalue weighted by atomic mass is 16.2. The molecular formula is C20H24N4O4. The lowest BCUT2D eigenvalue weighted by molar-refractivity contribution is -0.136. The van der Waals surface area contributed by atoms with E-state index in [1.165, 1.54) is 0 Å². The molecule has 3 heterocycles. The average molecular weight is 384 g/mol. The zero-order chi connectivity index (χ0) is 19.9. The summed E-state index contributed by atoms with van der Waals surface area (Å²) in [7, 11) is 0. The van der Waals surface area contributed by atoms with Crippen LogP contribution >= 0.6 is 0 Å². The van der Waals surface area contributed by atoms with Crippen LogP contribution in [0.5, 0.6) is 0 Å². The lowest BCUT2D eigenvalue weighted by Crippen LogP contribution is -2.57. The third kappa shape index (κ3) is 3.02. The Morgan fingerprint density at radius 2 is 1.96 bits per heavy atom. The Kier molecular flexibility index (Phi) is 4.76. The summed E-state index contributed by atoms with van der Waals surface area (Å²) in [4.78, 5) is 50.5. The topological polar surface area (TPSA) is 108 Å². The number of amides is 4. The lowest BCUT2D eigenvalue weighted by atomic mass is 9.79. The van der Waals surface area contributed by atoms with Gasteiger partial charge in [0.25, 0.3) is 11.8 Å². The molecule has 3 aliphatic rings. The van der Waals surface area contributed by atoms with Crippen LogP contribution in [0.3, 0.4) is 0 Å². The Morgan fingerprint density at radius 1 is 1.18 bits per heavy atom. The Labute approximate surface area is 163 Å². The minimum Gasteiger partial charge on any atom is -0.315 e. The van der Waals surface area contributed by atoms with Gasteiger partial charge in [-0.3, -0.25) is 29.4 Å². The first-order valence-electron chi connectivity index (χ1n) is 9.71. The molecule has 8 heteroatoms. The largest absolute Gasteiger partial charge is 0.315 e. The van der Waals surface area contributed by atoms with Gasteiger partial charge in [0.15, 0.2) is 0 Å². The summed E-state index contributed by atoms with van der Waals surface area (Å²) in [6.45, 7) is 5.43. The molecule has 4 amide bonds. The fraction of sp³-hybridized carbons (Fsp3) is 0.500. The van der Waals surface area contributed by atoms with Gasteiger partial charge in [-0.15, -0.1) is 0 Å². The van der Waals surface area contributed by atoms with E-state index < -0.39 is 23.8 Å². The first-order valence-corrected chi connectivity index (χ1v) is 9.71. The molecule has 2 fully saturated rings. The summed E-state index contributed by atoms with van der Waals surface area (Å²) in [5, 5.41) is 8.94. The van der Waals surface area contributed by atoms with Gasteiger partial charge in [-0.05, 0) is 24.5 Å². The van der Waals surface area contributed by atoms with E-state index >= 15 is 0 Å². The summed E-state index contributed by atoms with van der Waals surface area (Å²) in [5.74, 6) is -1.89. The van der Waals surface area contributed by atoms with Gasteiger partial charge >= 0.3 is 0 Å². The summed E-state index contributed by atoms with van der Waals surface area (Å²) < 4.78 is 0. The Balaban J connectivity index is 1.52. The highest BCUT2D eigenvalue weighted by molar-refractivity contribution is 6.24. The molecule has 0 aliphatic carbocycles. The molecule has 3 N–H and O–H groups in total. The predicted molar refractivity (Wildman–Crippen MR) is 100 cm³/mol. The van der Waals surface area contributed by atoms with Gasteiger partial charge in [0.05, 0.1) is 11.1 Å². The highest BCUT2D eigenvalue weighted by Crippen LogP contribution is 2.30. The number of hydrogen-bond acceptors (Lipinski definition) is 6. The molecule has 0 saturated carbocycles. The predicted octanol–water partition coefficient (Wildman–Crippen LogP) is 0.177. The summed E-state index contributed by atoms with van der Waals surface area (Å²) >= 11 is 0. The van der Waals surface area contributed by atoms with Crippen molar-refractivity contribution in [3.8, 4) is 0 Å². The zero-order valence-corrected chi connectivity index (χ0v) is 15.8. The molecule has 1 aromatic rings. The standard InChI is InChI=1S/C20H24N4O4/c1-2-20(10-22-11-20)9-21-8-12-4-3-5-13-16(12)19(28)24(18(13)27)14-6-7-15(25)23-17(14)26/h3-5,14,21-22H,2,6-11H2,1H3,(H,23,25,26). The van der Waals surface area contributed by atoms with E-state index in [0.717, 1.165) is 36.5 Å². The molecule has 148 valence electrons. The molecular weight excluding hydrogens is 360 g/mol. The van der Waals surface area contributed by atoms with Crippen molar-refractivity contribution in [1.82, 2.24) is 20.9 Å². The lowest BCUT2D eigenvalue weighted by Gasteiger charge is -2.42. The van der Waals surface area contributed by atoms with E-state index in [2.05, 4.69) is 22.9 Å². The number of hydrogen-bond donors (Lipinski definition) is 3. The molecule has 1 atom stereocenters. The van der Waals surface area contributed by atoms with Crippen molar-refractivity contribution >= 4 is 23.6 Å². The van der Waals surface area contributed by atoms with Crippen molar-refractivity contribution in [3.05, 3.63) is 34.9 Å². The van der Waals surface area contributed by atoms with Gasteiger partial charge in [-0.25, -0.2) is 0 Å². The van der Waals surface area contributed by atoms with E-state index in [-0.39, 0.29) is 24.2 Å². The first-order chi connectivity index (χ1) is 13.5. The van der Waals surface area contributed by atoms with E-state index in [4.69, 9.17) is 0 Å². The van der Waals surface area contributed by atoms with Crippen LogP contribution in [0.4, 0.5) is 0 Å². The number of carbonyl (C=O) groups is 4. The summed E-state index contributed by atoms with van der Waals surface area (Å²) in [6.07, 6.45) is 1.35. The molecule has 1 unspecified atom stereocenters. The smallest absolute Gasteiger partial charge is 0.262 e. The number of nitrogens with zero attached hydrogens (tertiary/aromatic N) is 1. The van der Waals surface area contributed by atoms with Crippen molar-refractivity contribution in [2.45, 2.75) is 38.8 Å². The van der Waals surface area contributed by atoms with E-state index in [9.17, 15) is 19.2 Å². The molecule has 28 heavy (non-hydrogen) atoms. The second kappa shape index (κ2) is 7.10. The van der Waals surface area contributed by atoms with Gasteiger partial charge in [0.2, 0.25) is 11.8 Å². The maximum absolute atomic E-state index is 13.0. The Morgan fingerprint density at radius 3 is 2.61 bits per heavy atom. The fourth-order valence-corrected chi connectivity index (χ4v) is 4.17. The van der Waals surface area contributed by atoms with E-state index in [1.807, 2.05) is 6.07 Å². The third-order valence-corrected chi connectivity index (χ3v) is 6.12. The number of carbonyl (C=O) groups excluding carboxylic acids is 4. The SMILES string of the molecule is CCC1(CNCc2cccc3c2C(=O)N(C2CCC(=O)NC2=O)C3=O)CNC1. The Hall–Kier alpha value is -2.58. The first kappa shape index (κ1) is 18.8. The molecule has 4 rings (SSSR count). The van der Waals surface area contributed by atoms with Crippen LogP contribution < -0.4 is 16.0 Å². The van der Waals surface area contributed by atoms with E-state index in [0.29, 0.717) is 17.7 Å². The maximum atomic E-state index is 13.0. The summed E-state index contributed by atoms with van der Waals surface area (Å²) in [6, 6.07) is 4.28. The minimum absolute atomic E-state index is 0.116. The minimum atomic E-state index is -0.935. The van der Waals surface area contributed by atoms with Crippen LogP contribution in [0, 0.1) is 5.41 Å². The molecule has 0 spiro atoms. The van der Waals surface area contributed by atoms with Gasteiger partial charge in [0, 0.05) is 38.0 Å². The number of piperidine rings is 1. The normalized spacial score (nSPS) is 23.5. The highest BCUT2D eigenvalue weighted by Gasteiger charge is 2.45. The van der Waals surface area contributed by atoms with Crippen LogP contribution in [0.2, 0.25) is 0 Å². The van der Waals surface area contributed by atoms with Crippen LogP contribution in [0.1, 0.15) is 52.5 Å². The van der Waals surface area contributed by atoms with Gasteiger partial charge < -0.3 is 10.6 Å². The fourth-order valence-electron chi connectivity index (χ4n) is 4.17. The zero-order valence-electron chi connectivity index (χ0n) is 15.8. The number of rotatable bonds is 6. The van der Waals surface area contributed by atoms with Crippen molar-refractivity contribution < 1.29 is 19.2 Å². The number of benzene rings is 1. The Bertz CT molecular complexity index is 856. The maximum Gasteiger partial charge on any atom is 0.262 e. The van der Waals surface area contributed by atoms with Crippen molar-refractivity contribution in [3.63, 3.8) is 0 Å². The average Bonchev–Trinajstić information content (AvgIpc) is 2.89. The van der Waals surface area contributed by atoms with Crippen LogP contribution in [-0.2, 0) is 16.1 Å². The third-order valence-electron chi connectivity index (χ3n) is 6.12. The van der Waals surface area contributed by atoms with Crippen LogP contribution in [0.25, 0.3) is 0 Å². The molecule has 0 bridgehead atoms. The molecule has 8 nitrogen and oxygen atoms in total. The van der Waals surface area contributed by atoms with Gasteiger partial charge in [0.1, 0.15) is 6.04 Å². The van der Waals surface area contributed by atoms with Crippen molar-refractivity contribution in [1.29, 1.82) is 0 Å². The second-order valence-electron chi connectivity index (χ2n) is 7.85. The second-order valence-corrected chi connectivity index (χ2v) is 7.85. The van der Waals surface area contributed by atoms with Crippen molar-refractivity contribution in [2.75, 3.05) is 19.6 Å². The van der Waals surface area contributed by atoms with Crippen molar-refractivity contribution in [2.24, 2.45) is 5.41 Å².